The van der Waals surface area contributed by atoms with Gasteiger partial charge in [0.25, 0.3) is 0 Å². The minimum atomic E-state index is -0.324. The van der Waals surface area contributed by atoms with E-state index in [0.29, 0.717) is 12.4 Å². The molecule has 0 aromatic heterocycles. The smallest absolute Gasteiger partial charge is 0.203 e. The third-order valence-electron chi connectivity index (χ3n) is 2.75. The lowest BCUT2D eigenvalue weighted by Gasteiger charge is -2.27. The third kappa shape index (κ3) is 3.08. The molecule has 3 nitrogen and oxygen atoms in total. The van der Waals surface area contributed by atoms with Gasteiger partial charge in [0.2, 0.25) is 6.29 Å². The summed E-state index contributed by atoms with van der Waals surface area (Å²) in [6.07, 6.45) is 2.31. The van der Waals surface area contributed by atoms with E-state index in [9.17, 15) is 0 Å². The maximum Gasteiger partial charge on any atom is 0.203 e. The summed E-state index contributed by atoms with van der Waals surface area (Å²) >= 11 is 0. The second-order valence-electron chi connectivity index (χ2n) is 4.18. The summed E-state index contributed by atoms with van der Waals surface area (Å²) in [5.41, 5.74) is 1.11. The quantitative estimate of drug-likeness (QED) is 0.800. The van der Waals surface area contributed by atoms with E-state index in [1.165, 1.54) is 0 Å². The van der Waals surface area contributed by atoms with Crippen LogP contribution in [0.2, 0.25) is 0 Å². The highest BCUT2D eigenvalue weighted by molar-refractivity contribution is 5.16. The van der Waals surface area contributed by atoms with E-state index in [1.807, 2.05) is 42.5 Å². The molecule has 3 heteroatoms. The molecule has 1 heterocycles. The van der Waals surface area contributed by atoms with E-state index in [4.69, 9.17) is 14.7 Å². The zero-order valence-electron chi connectivity index (χ0n) is 9.80. The van der Waals surface area contributed by atoms with Crippen molar-refractivity contribution in [2.24, 2.45) is 5.92 Å². The van der Waals surface area contributed by atoms with Gasteiger partial charge in [0.05, 0.1) is 6.61 Å². The molecule has 2 unspecified atom stereocenters. The number of hydrogen-bond donors (Lipinski definition) is 0. The Morgan fingerprint density at radius 1 is 1.41 bits per heavy atom. The van der Waals surface area contributed by atoms with Crippen molar-refractivity contribution in [1.82, 2.24) is 0 Å². The number of nitrogens with zero attached hydrogens (tertiary/aromatic N) is 1. The predicted molar refractivity (Wildman–Crippen MR) is 63.6 cm³/mol. The van der Waals surface area contributed by atoms with Gasteiger partial charge in [-0.05, 0) is 18.1 Å². The summed E-state index contributed by atoms with van der Waals surface area (Å²) < 4.78 is 11.1. The molecule has 88 valence electrons. The summed E-state index contributed by atoms with van der Waals surface area (Å²) in [6.45, 7) is 2.56. The van der Waals surface area contributed by atoms with Crippen LogP contribution in [-0.2, 0) is 16.1 Å². The Morgan fingerprint density at radius 2 is 2.18 bits per heavy atom. The van der Waals surface area contributed by atoms with Gasteiger partial charge in [-0.1, -0.05) is 37.3 Å². The van der Waals surface area contributed by atoms with Crippen LogP contribution < -0.4 is 0 Å². The minimum absolute atomic E-state index is 0.274. The molecular weight excluding hydrogens is 214 g/mol. The van der Waals surface area contributed by atoms with E-state index in [2.05, 4.69) is 6.92 Å². The Kier molecular flexibility index (Phi) is 3.79. The van der Waals surface area contributed by atoms with Crippen molar-refractivity contribution in [2.45, 2.75) is 26.2 Å². The maximum absolute atomic E-state index is 8.78. The lowest BCUT2D eigenvalue weighted by molar-refractivity contribution is -0.155. The zero-order valence-corrected chi connectivity index (χ0v) is 9.80. The molecule has 0 spiro atoms. The summed E-state index contributed by atoms with van der Waals surface area (Å²) in [5.74, 6) is 0.636. The van der Waals surface area contributed by atoms with Crippen LogP contribution in [0.5, 0.6) is 0 Å². The molecule has 1 aromatic rings. The Hall–Kier alpha value is -1.79. The predicted octanol–water partition coefficient (Wildman–Crippen LogP) is 2.99. The Bertz CT molecular complexity index is 433. The summed E-state index contributed by atoms with van der Waals surface area (Å²) in [5, 5.41) is 8.78. The summed E-state index contributed by atoms with van der Waals surface area (Å²) in [6, 6.07) is 12.0. The van der Waals surface area contributed by atoms with Crippen LogP contribution in [0.4, 0.5) is 0 Å². The van der Waals surface area contributed by atoms with Gasteiger partial charge in [0.1, 0.15) is 6.07 Å². The standard InChI is InChI=1S/C14H15NO2/c1-11-7-8-13(9-15)17-14(11)16-10-12-5-3-2-4-6-12/h2-6,8,11,14H,7,10H2,1H3. The average molecular weight is 229 g/mol. The molecule has 2 rings (SSSR count). The van der Waals surface area contributed by atoms with E-state index in [1.54, 1.807) is 0 Å². The van der Waals surface area contributed by atoms with Gasteiger partial charge in [-0.15, -0.1) is 0 Å². The van der Waals surface area contributed by atoms with Crippen LogP contribution in [0.3, 0.4) is 0 Å². The van der Waals surface area contributed by atoms with Crippen LogP contribution >= 0.6 is 0 Å². The molecule has 2 atom stereocenters. The van der Waals surface area contributed by atoms with Crippen molar-refractivity contribution in [3.63, 3.8) is 0 Å². The highest BCUT2D eigenvalue weighted by atomic mass is 16.7. The van der Waals surface area contributed by atoms with Crippen molar-refractivity contribution in [2.75, 3.05) is 0 Å². The zero-order chi connectivity index (χ0) is 12.1. The lowest BCUT2D eigenvalue weighted by atomic mass is 10.0. The van der Waals surface area contributed by atoms with Crippen LogP contribution in [0, 0.1) is 17.2 Å². The van der Waals surface area contributed by atoms with Crippen molar-refractivity contribution in [3.05, 3.63) is 47.7 Å². The monoisotopic (exact) mass is 229 g/mol. The van der Waals surface area contributed by atoms with Crippen molar-refractivity contribution >= 4 is 0 Å². The van der Waals surface area contributed by atoms with Gasteiger partial charge in [-0.25, -0.2) is 0 Å². The lowest BCUT2D eigenvalue weighted by Crippen LogP contribution is -2.27. The fraction of sp³-hybridized carbons (Fsp3) is 0.357. The number of benzene rings is 1. The largest absolute Gasteiger partial charge is 0.455 e. The van der Waals surface area contributed by atoms with Gasteiger partial charge in [0.15, 0.2) is 5.76 Å². The van der Waals surface area contributed by atoms with Crippen LogP contribution in [-0.4, -0.2) is 6.29 Å². The number of rotatable bonds is 3. The molecule has 1 aliphatic rings. The fourth-order valence-corrected chi connectivity index (χ4v) is 1.72. The first kappa shape index (κ1) is 11.7. The van der Waals surface area contributed by atoms with Crippen molar-refractivity contribution in [3.8, 4) is 6.07 Å². The molecule has 0 N–H and O–H groups in total. The molecule has 1 aliphatic heterocycles. The first-order valence-corrected chi connectivity index (χ1v) is 5.72. The third-order valence-corrected chi connectivity index (χ3v) is 2.75. The van der Waals surface area contributed by atoms with Crippen LogP contribution in [0.25, 0.3) is 0 Å². The summed E-state index contributed by atoms with van der Waals surface area (Å²) in [4.78, 5) is 0. The number of ether oxygens (including phenoxy) is 2. The number of nitriles is 1. The summed E-state index contributed by atoms with van der Waals surface area (Å²) in [7, 11) is 0. The SMILES string of the molecule is CC1CC=C(C#N)OC1OCc1ccccc1. The molecular formula is C14H15NO2. The van der Waals surface area contributed by atoms with Crippen molar-refractivity contribution < 1.29 is 9.47 Å². The normalized spacial score (nSPS) is 23.4. The first-order valence-electron chi connectivity index (χ1n) is 5.72. The molecule has 1 aromatic carbocycles. The average Bonchev–Trinajstić information content (AvgIpc) is 2.39. The molecule has 0 saturated heterocycles. The highest BCUT2D eigenvalue weighted by Gasteiger charge is 2.24. The van der Waals surface area contributed by atoms with Gasteiger partial charge in [-0.2, -0.15) is 5.26 Å². The molecule has 0 saturated carbocycles. The molecule has 17 heavy (non-hydrogen) atoms. The van der Waals surface area contributed by atoms with E-state index >= 15 is 0 Å². The van der Waals surface area contributed by atoms with E-state index in [-0.39, 0.29) is 12.2 Å². The topological polar surface area (TPSA) is 42.2 Å². The van der Waals surface area contributed by atoms with Gasteiger partial charge < -0.3 is 9.47 Å². The van der Waals surface area contributed by atoms with E-state index in [0.717, 1.165) is 12.0 Å². The molecule has 0 aliphatic carbocycles. The van der Waals surface area contributed by atoms with Crippen LogP contribution in [0.1, 0.15) is 18.9 Å². The second-order valence-corrected chi connectivity index (χ2v) is 4.18. The van der Waals surface area contributed by atoms with Gasteiger partial charge in [-0.3, -0.25) is 0 Å². The second kappa shape index (κ2) is 5.51. The Balaban J connectivity index is 1.91. The molecule has 0 bridgehead atoms. The van der Waals surface area contributed by atoms with Crippen molar-refractivity contribution in [1.29, 1.82) is 5.26 Å². The molecule has 0 amide bonds. The number of hydrogen-bond acceptors (Lipinski definition) is 3. The highest BCUT2D eigenvalue weighted by Crippen LogP contribution is 2.24. The van der Waals surface area contributed by atoms with Gasteiger partial charge in [0, 0.05) is 5.92 Å². The minimum Gasteiger partial charge on any atom is -0.455 e. The molecule has 0 radical (unpaired) electrons. The van der Waals surface area contributed by atoms with Crippen LogP contribution in [0.15, 0.2) is 42.2 Å². The Labute approximate surface area is 101 Å². The van der Waals surface area contributed by atoms with Gasteiger partial charge >= 0.3 is 0 Å². The first-order chi connectivity index (χ1) is 8.29. The molecule has 0 fully saturated rings. The maximum atomic E-state index is 8.78. The fourth-order valence-electron chi connectivity index (χ4n) is 1.72. The Morgan fingerprint density at radius 3 is 2.88 bits per heavy atom. The van der Waals surface area contributed by atoms with E-state index < -0.39 is 0 Å². The number of allylic oxidation sites excluding steroid dienone is 2.